The first-order chi connectivity index (χ1) is 6.45. The average molecular weight is 282 g/mol. The maximum atomic E-state index is 13.2. The number of hydrogen-bond donors (Lipinski definition) is 2. The molecule has 0 aliphatic carbocycles. The largest absolute Gasteiger partial charge is 0.480 e. The number of benzene rings is 1. The number of rotatable bonds is 2. The molecule has 0 radical (unpaired) electrons. The van der Waals surface area contributed by atoms with Crippen molar-refractivity contribution < 1.29 is 14.3 Å². The number of carboxylic acid groups (broad SMARTS) is 1. The van der Waals surface area contributed by atoms with Crippen LogP contribution in [0.4, 0.5) is 4.39 Å². The van der Waals surface area contributed by atoms with Gasteiger partial charge >= 0.3 is 5.97 Å². The van der Waals surface area contributed by atoms with E-state index in [1.807, 2.05) is 0 Å². The molecule has 0 saturated carbocycles. The second-order valence-corrected chi connectivity index (χ2v) is 3.81. The summed E-state index contributed by atoms with van der Waals surface area (Å²) in [7, 11) is 0. The van der Waals surface area contributed by atoms with Gasteiger partial charge in [0.1, 0.15) is 11.9 Å². The lowest BCUT2D eigenvalue weighted by Crippen LogP contribution is -2.22. The zero-order valence-corrected chi connectivity index (χ0v) is 9.14. The van der Waals surface area contributed by atoms with Crippen molar-refractivity contribution in [3.05, 3.63) is 33.0 Å². The summed E-state index contributed by atoms with van der Waals surface area (Å²) < 4.78 is 13.6. The van der Waals surface area contributed by atoms with E-state index in [1.165, 1.54) is 6.07 Å². The van der Waals surface area contributed by atoms with Crippen molar-refractivity contribution >= 4 is 33.5 Å². The molecule has 1 rings (SSSR count). The Morgan fingerprint density at radius 3 is 2.71 bits per heavy atom. The number of carbonyl (C=O) groups is 1. The Hall–Kier alpha value is -0.650. The molecule has 1 aromatic carbocycles. The summed E-state index contributed by atoms with van der Waals surface area (Å²) in [5.41, 5.74) is 5.05. The highest BCUT2D eigenvalue weighted by atomic mass is 79.9. The molecule has 3 nitrogen and oxygen atoms in total. The molecule has 76 valence electrons. The van der Waals surface area contributed by atoms with Crippen LogP contribution in [0, 0.1) is 5.82 Å². The highest BCUT2D eigenvalue weighted by molar-refractivity contribution is 9.10. The second kappa shape index (κ2) is 4.25. The van der Waals surface area contributed by atoms with E-state index in [-0.39, 0.29) is 10.6 Å². The van der Waals surface area contributed by atoms with Crippen molar-refractivity contribution in [1.82, 2.24) is 0 Å². The van der Waals surface area contributed by atoms with Crippen LogP contribution in [0.3, 0.4) is 0 Å². The molecule has 0 aromatic heterocycles. The van der Waals surface area contributed by atoms with Gasteiger partial charge in [0.25, 0.3) is 0 Å². The van der Waals surface area contributed by atoms with E-state index in [0.717, 1.165) is 6.07 Å². The lowest BCUT2D eigenvalue weighted by atomic mass is 10.1. The molecule has 0 bridgehead atoms. The summed E-state index contributed by atoms with van der Waals surface area (Å²) in [5.74, 6) is -2.06. The van der Waals surface area contributed by atoms with Crippen molar-refractivity contribution in [2.24, 2.45) is 5.73 Å². The van der Waals surface area contributed by atoms with Gasteiger partial charge in [-0.05, 0) is 28.1 Å². The fourth-order valence-electron chi connectivity index (χ4n) is 0.951. The molecule has 1 atom stereocenters. The summed E-state index contributed by atoms with van der Waals surface area (Å²) in [6.45, 7) is 0. The van der Waals surface area contributed by atoms with Crippen LogP contribution < -0.4 is 5.73 Å². The first kappa shape index (κ1) is 11.4. The molecule has 1 unspecified atom stereocenters. The molecule has 0 amide bonds. The van der Waals surface area contributed by atoms with Crippen molar-refractivity contribution in [3.8, 4) is 0 Å². The van der Waals surface area contributed by atoms with E-state index in [1.54, 1.807) is 0 Å². The molecule has 0 aliphatic rings. The zero-order chi connectivity index (χ0) is 10.9. The molecule has 0 aliphatic heterocycles. The van der Waals surface area contributed by atoms with Crippen LogP contribution in [0.15, 0.2) is 16.6 Å². The minimum Gasteiger partial charge on any atom is -0.480 e. The van der Waals surface area contributed by atoms with Crippen LogP contribution >= 0.6 is 27.5 Å². The number of carboxylic acids is 1. The van der Waals surface area contributed by atoms with Crippen molar-refractivity contribution in [1.29, 1.82) is 0 Å². The smallest absolute Gasteiger partial charge is 0.325 e. The van der Waals surface area contributed by atoms with Gasteiger partial charge < -0.3 is 10.8 Å². The van der Waals surface area contributed by atoms with E-state index < -0.39 is 17.8 Å². The highest BCUT2D eigenvalue weighted by Crippen LogP contribution is 2.31. The van der Waals surface area contributed by atoms with Crippen LogP contribution in [-0.4, -0.2) is 11.1 Å². The first-order valence-electron chi connectivity index (χ1n) is 3.57. The molecule has 1 aromatic rings. The molecule has 0 saturated heterocycles. The molecule has 0 fully saturated rings. The summed E-state index contributed by atoms with van der Waals surface area (Å²) >= 11 is 8.76. The van der Waals surface area contributed by atoms with E-state index in [4.69, 9.17) is 22.4 Å². The first-order valence-corrected chi connectivity index (χ1v) is 4.74. The van der Waals surface area contributed by atoms with Gasteiger partial charge in [0.15, 0.2) is 0 Å². The van der Waals surface area contributed by atoms with Crippen LogP contribution in [-0.2, 0) is 4.79 Å². The van der Waals surface area contributed by atoms with E-state index in [2.05, 4.69) is 15.9 Å². The minimum absolute atomic E-state index is 0.0140. The zero-order valence-electron chi connectivity index (χ0n) is 6.80. The van der Waals surface area contributed by atoms with Gasteiger partial charge in [-0.3, -0.25) is 4.79 Å². The third-order valence-corrected chi connectivity index (χ3v) is 2.95. The second-order valence-electron chi connectivity index (χ2n) is 2.57. The summed E-state index contributed by atoms with van der Waals surface area (Å²) in [4.78, 5) is 10.5. The number of hydrogen-bond acceptors (Lipinski definition) is 2. The fourth-order valence-corrected chi connectivity index (χ4v) is 1.57. The standard InChI is InChI=1S/C8H6BrClFNO2/c9-3-1-2-4(11)5(6(3)10)7(12)8(13)14/h1-2,7H,12H2,(H,13,14). The normalized spacial score (nSPS) is 12.6. The van der Waals surface area contributed by atoms with Crippen molar-refractivity contribution in [2.75, 3.05) is 0 Å². The highest BCUT2D eigenvalue weighted by Gasteiger charge is 2.22. The monoisotopic (exact) mass is 281 g/mol. The maximum Gasteiger partial charge on any atom is 0.325 e. The molecular formula is C8H6BrClFNO2. The van der Waals surface area contributed by atoms with Gasteiger partial charge in [-0.15, -0.1) is 0 Å². The Kier molecular flexibility index (Phi) is 3.47. The van der Waals surface area contributed by atoms with Gasteiger partial charge in [0.2, 0.25) is 0 Å². The lowest BCUT2D eigenvalue weighted by molar-refractivity contribution is -0.138. The van der Waals surface area contributed by atoms with E-state index >= 15 is 0 Å². The van der Waals surface area contributed by atoms with Gasteiger partial charge in [0.05, 0.1) is 5.02 Å². The minimum atomic E-state index is -1.46. The quantitative estimate of drug-likeness (QED) is 0.818. The number of halogens is 3. The van der Waals surface area contributed by atoms with Crippen LogP contribution in [0.2, 0.25) is 5.02 Å². The Morgan fingerprint density at radius 1 is 1.64 bits per heavy atom. The maximum absolute atomic E-state index is 13.2. The Balaban J connectivity index is 3.32. The lowest BCUT2D eigenvalue weighted by Gasteiger charge is -2.11. The number of nitrogens with two attached hydrogens (primary N) is 1. The molecule has 14 heavy (non-hydrogen) atoms. The predicted molar refractivity (Wildman–Crippen MR) is 53.7 cm³/mol. The van der Waals surface area contributed by atoms with Gasteiger partial charge in [-0.1, -0.05) is 11.6 Å². The van der Waals surface area contributed by atoms with E-state index in [9.17, 15) is 9.18 Å². The molecular weight excluding hydrogens is 276 g/mol. The Morgan fingerprint density at radius 2 is 2.21 bits per heavy atom. The van der Waals surface area contributed by atoms with Crippen molar-refractivity contribution in [2.45, 2.75) is 6.04 Å². The molecule has 0 heterocycles. The Labute approximate surface area is 92.8 Å². The van der Waals surface area contributed by atoms with Crippen LogP contribution in [0.1, 0.15) is 11.6 Å². The summed E-state index contributed by atoms with van der Waals surface area (Å²) in [6.07, 6.45) is 0. The summed E-state index contributed by atoms with van der Waals surface area (Å²) in [6, 6.07) is 1.03. The van der Waals surface area contributed by atoms with Crippen molar-refractivity contribution in [3.63, 3.8) is 0 Å². The third kappa shape index (κ3) is 2.05. The number of aliphatic carboxylic acids is 1. The van der Waals surface area contributed by atoms with Gasteiger partial charge in [-0.2, -0.15) is 0 Å². The molecule has 0 spiro atoms. The average Bonchev–Trinajstić information content (AvgIpc) is 2.12. The van der Waals surface area contributed by atoms with E-state index in [0.29, 0.717) is 4.47 Å². The topological polar surface area (TPSA) is 63.3 Å². The summed E-state index contributed by atoms with van der Waals surface area (Å²) in [5, 5.41) is 8.60. The SMILES string of the molecule is NC(C(=O)O)c1c(F)ccc(Br)c1Cl. The van der Waals surface area contributed by atoms with Gasteiger partial charge in [0, 0.05) is 10.0 Å². The molecule has 6 heteroatoms. The Bertz CT molecular complexity index is 386. The molecule has 3 N–H and O–H groups in total. The van der Waals surface area contributed by atoms with Gasteiger partial charge in [-0.25, -0.2) is 4.39 Å². The van der Waals surface area contributed by atoms with Crippen LogP contribution in [0.25, 0.3) is 0 Å². The fraction of sp³-hybridized carbons (Fsp3) is 0.125. The van der Waals surface area contributed by atoms with Crippen LogP contribution in [0.5, 0.6) is 0 Å². The predicted octanol–water partition coefficient (Wildman–Crippen LogP) is 2.33. The third-order valence-electron chi connectivity index (χ3n) is 1.66.